The third-order valence-electron chi connectivity index (χ3n) is 5.93. The number of benzene rings is 2. The Labute approximate surface area is 184 Å². The molecule has 3 N–H and O–H groups in total. The summed E-state index contributed by atoms with van der Waals surface area (Å²) in [4.78, 5) is 22.7. The fraction of sp³-hybridized carbons (Fsp3) is 0.304. The minimum Gasteiger partial charge on any atom is -0.337 e. The van der Waals surface area contributed by atoms with Crippen molar-refractivity contribution in [1.29, 1.82) is 0 Å². The molecule has 0 radical (unpaired) electrons. The second kappa shape index (κ2) is 8.24. The van der Waals surface area contributed by atoms with Gasteiger partial charge >= 0.3 is 0 Å². The van der Waals surface area contributed by atoms with Crippen LogP contribution >= 0.6 is 15.9 Å². The van der Waals surface area contributed by atoms with Gasteiger partial charge in [0.1, 0.15) is 0 Å². The molecule has 7 heteroatoms. The molecule has 30 heavy (non-hydrogen) atoms. The summed E-state index contributed by atoms with van der Waals surface area (Å²) in [6, 6.07) is 15.9. The number of aromatic amines is 1. The van der Waals surface area contributed by atoms with Gasteiger partial charge in [0.2, 0.25) is 0 Å². The summed E-state index contributed by atoms with van der Waals surface area (Å²) < 4.78 is 1.02. The first-order valence-electron chi connectivity index (χ1n) is 10.5. The van der Waals surface area contributed by atoms with Crippen molar-refractivity contribution in [2.75, 3.05) is 19.6 Å². The van der Waals surface area contributed by atoms with Gasteiger partial charge in [0.25, 0.3) is 5.91 Å². The Balaban J connectivity index is 1.44. The summed E-state index contributed by atoms with van der Waals surface area (Å²) in [5.74, 6) is 0.862. The van der Waals surface area contributed by atoms with Gasteiger partial charge in [-0.1, -0.05) is 40.2 Å². The van der Waals surface area contributed by atoms with Crippen molar-refractivity contribution in [3.05, 3.63) is 70.5 Å². The molecule has 1 aromatic heterocycles. The minimum absolute atomic E-state index is 0.113. The van der Waals surface area contributed by atoms with E-state index in [4.69, 9.17) is 4.98 Å². The van der Waals surface area contributed by atoms with Gasteiger partial charge in [0.05, 0.1) is 35.9 Å². The number of H-pyrrole nitrogens is 1. The fourth-order valence-electron chi connectivity index (χ4n) is 4.33. The van der Waals surface area contributed by atoms with E-state index in [1.165, 1.54) is 24.2 Å². The van der Waals surface area contributed by atoms with E-state index in [1.807, 2.05) is 36.4 Å². The number of piperidine rings is 1. The lowest BCUT2D eigenvalue weighted by atomic mass is 10.1. The summed E-state index contributed by atoms with van der Waals surface area (Å²) in [5, 5.41) is 1.77. The highest BCUT2D eigenvalue weighted by molar-refractivity contribution is 9.10. The Kier molecular flexibility index (Phi) is 5.31. The van der Waals surface area contributed by atoms with Crippen molar-refractivity contribution in [3.63, 3.8) is 0 Å². The van der Waals surface area contributed by atoms with Gasteiger partial charge in [-0.3, -0.25) is 10.2 Å². The Morgan fingerprint density at radius 2 is 1.87 bits per heavy atom. The van der Waals surface area contributed by atoms with E-state index in [9.17, 15) is 4.79 Å². The number of fused-ring (bicyclic) bond motifs is 1. The van der Waals surface area contributed by atoms with Crippen molar-refractivity contribution < 1.29 is 9.69 Å². The molecular formula is C23H25BrN5O+. The first-order chi connectivity index (χ1) is 14.7. The molecular weight excluding hydrogens is 442 g/mol. The molecule has 154 valence electrons. The number of hydrogen-bond acceptors (Lipinski definition) is 3. The molecule has 6 nitrogen and oxygen atoms in total. The van der Waals surface area contributed by atoms with Crippen molar-refractivity contribution in [2.24, 2.45) is 0 Å². The molecule has 1 atom stereocenters. The van der Waals surface area contributed by atoms with E-state index < -0.39 is 0 Å². The molecule has 1 fully saturated rings. The Bertz CT molecular complexity index is 1050. The molecule has 3 heterocycles. The number of nitrogens with zero attached hydrogens (tertiary/aromatic N) is 2. The van der Waals surface area contributed by atoms with Crippen LogP contribution in [0.4, 0.5) is 0 Å². The van der Waals surface area contributed by atoms with Crippen molar-refractivity contribution in [3.8, 4) is 0 Å². The Hall–Kier alpha value is -2.64. The number of rotatable bonds is 4. The lowest BCUT2D eigenvalue weighted by molar-refractivity contribution is -0.897. The average Bonchev–Trinajstić information content (AvgIpc) is 3.40. The number of carbonyl (C=O) groups excluding carboxylic acids is 1. The van der Waals surface area contributed by atoms with E-state index in [2.05, 4.69) is 44.5 Å². The van der Waals surface area contributed by atoms with Gasteiger partial charge in [-0.2, -0.15) is 0 Å². The van der Waals surface area contributed by atoms with Crippen LogP contribution in [-0.4, -0.2) is 40.5 Å². The molecule has 3 aromatic rings. The average molecular weight is 467 g/mol. The zero-order valence-electron chi connectivity index (χ0n) is 16.7. The number of halogens is 1. The lowest BCUT2D eigenvalue weighted by Crippen LogP contribution is -3.14. The molecule has 0 aliphatic carbocycles. The number of likely N-dealkylation sites (tertiary alicyclic amines) is 1. The maximum absolute atomic E-state index is 13.3. The van der Waals surface area contributed by atoms with E-state index in [1.54, 1.807) is 5.01 Å². The Morgan fingerprint density at radius 3 is 2.63 bits per heavy atom. The lowest BCUT2D eigenvalue weighted by Gasteiger charge is -2.29. The molecule has 2 aromatic carbocycles. The van der Waals surface area contributed by atoms with Gasteiger partial charge < -0.3 is 9.88 Å². The number of aromatic nitrogens is 2. The van der Waals surface area contributed by atoms with Gasteiger partial charge in [0, 0.05) is 4.47 Å². The zero-order valence-corrected chi connectivity index (χ0v) is 18.3. The maximum Gasteiger partial charge on any atom is 0.296 e. The van der Waals surface area contributed by atoms with Crippen molar-refractivity contribution in [1.82, 2.24) is 20.4 Å². The highest BCUT2D eigenvalue weighted by Gasteiger charge is 2.33. The summed E-state index contributed by atoms with van der Waals surface area (Å²) in [7, 11) is 0. The number of hydrazine groups is 1. The summed E-state index contributed by atoms with van der Waals surface area (Å²) >= 11 is 3.50. The molecule has 2 aliphatic rings. The number of imidazole rings is 1. The van der Waals surface area contributed by atoms with E-state index in [0.29, 0.717) is 6.54 Å². The molecule has 5 rings (SSSR count). The highest BCUT2D eigenvalue weighted by Crippen LogP contribution is 2.31. The van der Waals surface area contributed by atoms with Crippen LogP contribution in [0.25, 0.3) is 16.7 Å². The summed E-state index contributed by atoms with van der Waals surface area (Å²) in [6.07, 6.45) is 5.77. The molecule has 0 unspecified atom stereocenters. The van der Waals surface area contributed by atoms with E-state index >= 15 is 0 Å². The van der Waals surface area contributed by atoms with Gasteiger partial charge in [-0.25, -0.2) is 9.99 Å². The molecule has 0 spiro atoms. The summed E-state index contributed by atoms with van der Waals surface area (Å²) in [5.41, 5.74) is 7.15. The SMILES string of the molecule is O=C(C[NH+]1CCCCC1)N1NC(c2nc3ccccc3[nH]2)=C[C@@H]1c1ccc(Br)cc1. The van der Waals surface area contributed by atoms with Crippen LogP contribution in [0.1, 0.15) is 36.7 Å². The molecule has 0 bridgehead atoms. The number of amides is 1. The number of hydrogen-bond donors (Lipinski definition) is 3. The second-order valence-electron chi connectivity index (χ2n) is 8.04. The van der Waals surface area contributed by atoms with Crippen LogP contribution in [0.3, 0.4) is 0 Å². The zero-order chi connectivity index (χ0) is 20.5. The smallest absolute Gasteiger partial charge is 0.296 e. The van der Waals surface area contributed by atoms with Crippen molar-refractivity contribution >= 4 is 38.6 Å². The normalized spacial score (nSPS) is 19.7. The monoisotopic (exact) mass is 466 g/mol. The number of carbonyl (C=O) groups is 1. The topological polar surface area (TPSA) is 65.5 Å². The van der Waals surface area contributed by atoms with E-state index in [0.717, 1.165) is 45.7 Å². The Morgan fingerprint density at radius 1 is 1.10 bits per heavy atom. The number of para-hydroxylation sites is 2. The molecule has 2 aliphatic heterocycles. The molecule has 1 amide bonds. The standard InChI is InChI=1S/C23H24BrN5O/c24-17-10-8-16(9-11-17)21-14-20(23-25-18-6-2-3-7-19(18)26-23)27-29(21)22(30)15-28-12-4-1-5-13-28/h2-3,6-11,14,21,27H,1,4-5,12-13,15H2,(H,25,26)/p+1/t21-/m1/s1. The van der Waals surface area contributed by atoms with Crippen LogP contribution in [0.5, 0.6) is 0 Å². The first-order valence-corrected chi connectivity index (χ1v) is 11.3. The maximum atomic E-state index is 13.3. The quantitative estimate of drug-likeness (QED) is 0.553. The van der Waals surface area contributed by atoms with Crippen LogP contribution in [-0.2, 0) is 4.79 Å². The minimum atomic E-state index is -0.169. The largest absolute Gasteiger partial charge is 0.337 e. The van der Waals surface area contributed by atoms with E-state index in [-0.39, 0.29) is 11.9 Å². The summed E-state index contributed by atoms with van der Waals surface area (Å²) in [6.45, 7) is 2.67. The van der Waals surface area contributed by atoms with Gasteiger partial charge in [-0.05, 0) is 55.2 Å². The predicted molar refractivity (Wildman–Crippen MR) is 120 cm³/mol. The number of quaternary nitrogens is 1. The fourth-order valence-corrected chi connectivity index (χ4v) is 4.60. The second-order valence-corrected chi connectivity index (χ2v) is 8.96. The van der Waals surface area contributed by atoms with Crippen LogP contribution in [0, 0.1) is 0 Å². The van der Waals surface area contributed by atoms with Gasteiger partial charge in [0.15, 0.2) is 12.4 Å². The number of nitrogens with one attached hydrogen (secondary N) is 3. The first kappa shape index (κ1) is 19.3. The predicted octanol–water partition coefficient (Wildman–Crippen LogP) is 2.82. The van der Waals surface area contributed by atoms with Crippen LogP contribution in [0.15, 0.2) is 59.1 Å². The van der Waals surface area contributed by atoms with Crippen molar-refractivity contribution in [2.45, 2.75) is 25.3 Å². The van der Waals surface area contributed by atoms with Gasteiger partial charge in [-0.15, -0.1) is 0 Å². The van der Waals surface area contributed by atoms with Crippen LogP contribution in [0.2, 0.25) is 0 Å². The van der Waals surface area contributed by atoms with Crippen LogP contribution < -0.4 is 10.3 Å². The third-order valence-corrected chi connectivity index (χ3v) is 6.46. The third kappa shape index (κ3) is 3.87. The molecule has 1 saturated heterocycles. The molecule has 0 saturated carbocycles. The highest BCUT2D eigenvalue weighted by atomic mass is 79.9.